The highest BCUT2D eigenvalue weighted by atomic mass is 16.5. The number of aliphatic imine (C=N–C) groups is 1. The Morgan fingerprint density at radius 2 is 2.12 bits per heavy atom. The van der Waals surface area contributed by atoms with Gasteiger partial charge in [-0.2, -0.15) is 0 Å². The predicted octanol–water partition coefficient (Wildman–Crippen LogP) is 3.71. The van der Waals surface area contributed by atoms with Crippen molar-refractivity contribution in [3.05, 3.63) is 46.9 Å². The summed E-state index contributed by atoms with van der Waals surface area (Å²) in [5.74, 6) is 0.373. The summed E-state index contributed by atoms with van der Waals surface area (Å²) in [7, 11) is 1.37. The molecule has 0 radical (unpaired) electrons. The van der Waals surface area contributed by atoms with Crippen molar-refractivity contribution in [2.45, 2.75) is 20.8 Å². The Kier molecular flexibility index (Phi) is 4.61. The first-order valence-corrected chi connectivity index (χ1v) is 8.11. The number of carbonyl (C=O) groups is 1. The first kappa shape index (κ1) is 16.8. The third-order valence-electron chi connectivity index (χ3n) is 4.08. The van der Waals surface area contributed by atoms with Crippen LogP contribution in [0.4, 0.5) is 0 Å². The normalized spacial score (nSPS) is 15.7. The fourth-order valence-corrected chi connectivity index (χ4v) is 2.88. The van der Waals surface area contributed by atoms with Gasteiger partial charge < -0.3 is 19.4 Å². The number of nitrogens with one attached hydrogen (secondary N) is 2. The molecule has 0 unspecified atom stereocenters. The van der Waals surface area contributed by atoms with Crippen LogP contribution in [0.5, 0.6) is 5.75 Å². The molecule has 25 heavy (non-hydrogen) atoms. The molecule has 3 rings (SSSR count). The monoisotopic (exact) mass is 339 g/mol. The number of ether oxygens (including phenoxy) is 2. The van der Waals surface area contributed by atoms with Gasteiger partial charge in [0.15, 0.2) is 0 Å². The average Bonchev–Trinajstić information content (AvgIpc) is 3.29. The summed E-state index contributed by atoms with van der Waals surface area (Å²) in [5, 5.41) is 0. The standard InChI is InChI=1S/C19H21N3O3/c1-5-25-17-10-15(13-7-6-8-20-13)22-16(17)9-14-11(2)18(12(3)21-14)19(23)24-4/h6-10,20,22H,5H2,1-4H3/b14-9-. The Morgan fingerprint density at radius 3 is 2.76 bits per heavy atom. The summed E-state index contributed by atoms with van der Waals surface area (Å²) < 4.78 is 10.6. The lowest BCUT2D eigenvalue weighted by molar-refractivity contribution is -0.135. The SMILES string of the molecule is CCOc1cc(-c2ccc[nH]2)[nH]c1/C=C1\N=C(C)C(C(=O)OC)=C1C. The zero-order valence-corrected chi connectivity index (χ0v) is 14.8. The number of H-pyrrole nitrogens is 2. The van der Waals surface area contributed by atoms with E-state index < -0.39 is 0 Å². The molecule has 0 amide bonds. The van der Waals surface area contributed by atoms with Crippen molar-refractivity contribution in [2.24, 2.45) is 4.99 Å². The van der Waals surface area contributed by atoms with Gasteiger partial charge in [-0.1, -0.05) is 0 Å². The van der Waals surface area contributed by atoms with Crippen LogP contribution in [0.25, 0.3) is 17.5 Å². The molecule has 0 bridgehead atoms. The van der Waals surface area contributed by atoms with E-state index in [-0.39, 0.29) is 5.97 Å². The number of nitrogens with zero attached hydrogens (tertiary/aromatic N) is 1. The number of methoxy groups -OCH3 is 1. The maximum Gasteiger partial charge on any atom is 0.340 e. The van der Waals surface area contributed by atoms with Crippen LogP contribution in [-0.2, 0) is 9.53 Å². The van der Waals surface area contributed by atoms with Gasteiger partial charge in [-0.3, -0.25) is 4.99 Å². The van der Waals surface area contributed by atoms with E-state index in [0.717, 1.165) is 34.1 Å². The van der Waals surface area contributed by atoms with Gasteiger partial charge >= 0.3 is 5.97 Å². The molecule has 1 aliphatic heterocycles. The van der Waals surface area contributed by atoms with E-state index in [1.165, 1.54) is 7.11 Å². The van der Waals surface area contributed by atoms with Gasteiger partial charge in [-0.05, 0) is 44.6 Å². The molecule has 0 aromatic carbocycles. The first-order valence-electron chi connectivity index (χ1n) is 8.11. The van der Waals surface area contributed by atoms with Crippen molar-refractivity contribution in [1.29, 1.82) is 0 Å². The Hall–Kier alpha value is -3.02. The number of hydrogen-bond donors (Lipinski definition) is 2. The summed E-state index contributed by atoms with van der Waals surface area (Å²) in [6, 6.07) is 5.87. The second-order valence-electron chi connectivity index (χ2n) is 5.70. The summed E-state index contributed by atoms with van der Waals surface area (Å²) >= 11 is 0. The zero-order chi connectivity index (χ0) is 18.0. The summed E-state index contributed by atoms with van der Waals surface area (Å²) in [4.78, 5) is 23.0. The fourth-order valence-electron chi connectivity index (χ4n) is 2.88. The minimum absolute atomic E-state index is 0.370. The summed E-state index contributed by atoms with van der Waals surface area (Å²) in [6.07, 6.45) is 3.76. The third-order valence-corrected chi connectivity index (χ3v) is 4.08. The third kappa shape index (κ3) is 3.15. The van der Waals surface area contributed by atoms with Gasteiger partial charge in [0.1, 0.15) is 5.75 Å². The van der Waals surface area contributed by atoms with Gasteiger partial charge in [0.05, 0.1) is 47.8 Å². The maximum atomic E-state index is 11.9. The van der Waals surface area contributed by atoms with Crippen LogP contribution >= 0.6 is 0 Å². The Morgan fingerprint density at radius 1 is 1.32 bits per heavy atom. The predicted molar refractivity (Wildman–Crippen MR) is 97.6 cm³/mol. The van der Waals surface area contributed by atoms with E-state index in [1.54, 1.807) is 6.92 Å². The average molecular weight is 339 g/mol. The topological polar surface area (TPSA) is 79.5 Å². The van der Waals surface area contributed by atoms with Crippen molar-refractivity contribution in [1.82, 2.24) is 9.97 Å². The molecular weight excluding hydrogens is 318 g/mol. The number of esters is 1. The van der Waals surface area contributed by atoms with Crippen LogP contribution in [0.2, 0.25) is 0 Å². The zero-order valence-electron chi connectivity index (χ0n) is 14.8. The Balaban J connectivity index is 2.04. The minimum atomic E-state index is -0.370. The molecular formula is C19H21N3O3. The first-order chi connectivity index (χ1) is 12.0. The molecule has 1 aliphatic rings. The van der Waals surface area contributed by atoms with Gasteiger partial charge in [0.25, 0.3) is 0 Å². The van der Waals surface area contributed by atoms with Crippen LogP contribution in [0.1, 0.15) is 26.5 Å². The summed E-state index contributed by atoms with van der Waals surface area (Å²) in [6.45, 7) is 6.17. The quantitative estimate of drug-likeness (QED) is 0.815. The smallest absolute Gasteiger partial charge is 0.340 e. The molecule has 6 heteroatoms. The van der Waals surface area contributed by atoms with Crippen LogP contribution in [0, 0.1) is 0 Å². The highest BCUT2D eigenvalue weighted by Crippen LogP contribution is 2.32. The Labute approximate surface area is 146 Å². The number of carbonyl (C=O) groups excluding carboxylic acids is 1. The molecule has 2 aromatic rings. The van der Waals surface area contributed by atoms with Gasteiger partial charge in [0, 0.05) is 12.3 Å². The molecule has 0 fully saturated rings. The fraction of sp³-hybridized carbons (Fsp3) is 0.263. The number of aromatic amines is 2. The van der Waals surface area contributed by atoms with E-state index in [0.29, 0.717) is 17.9 Å². The molecule has 0 saturated heterocycles. The van der Waals surface area contributed by atoms with E-state index >= 15 is 0 Å². The van der Waals surface area contributed by atoms with Gasteiger partial charge in [-0.15, -0.1) is 0 Å². The van der Waals surface area contributed by atoms with Crippen molar-refractivity contribution < 1.29 is 14.3 Å². The number of aromatic nitrogens is 2. The summed E-state index contributed by atoms with van der Waals surface area (Å²) in [5.41, 5.74) is 5.39. The van der Waals surface area contributed by atoms with Gasteiger partial charge in [-0.25, -0.2) is 4.79 Å². The molecule has 0 spiro atoms. The largest absolute Gasteiger partial charge is 0.492 e. The molecule has 2 N–H and O–H groups in total. The van der Waals surface area contributed by atoms with Crippen molar-refractivity contribution in [3.8, 4) is 17.1 Å². The van der Waals surface area contributed by atoms with Crippen molar-refractivity contribution in [2.75, 3.05) is 13.7 Å². The minimum Gasteiger partial charge on any atom is -0.492 e. The molecule has 0 atom stereocenters. The molecule has 3 heterocycles. The van der Waals surface area contributed by atoms with E-state index in [1.807, 2.05) is 44.3 Å². The molecule has 130 valence electrons. The lowest BCUT2D eigenvalue weighted by Crippen LogP contribution is -2.10. The Bertz CT molecular complexity index is 883. The molecule has 0 saturated carbocycles. The second kappa shape index (κ2) is 6.84. The van der Waals surface area contributed by atoms with E-state index in [4.69, 9.17) is 9.47 Å². The van der Waals surface area contributed by atoms with Gasteiger partial charge in [0.2, 0.25) is 0 Å². The van der Waals surface area contributed by atoms with Crippen LogP contribution in [0.15, 0.2) is 46.2 Å². The van der Waals surface area contributed by atoms with E-state index in [9.17, 15) is 4.79 Å². The molecule has 0 aliphatic carbocycles. The maximum absolute atomic E-state index is 11.9. The van der Waals surface area contributed by atoms with E-state index in [2.05, 4.69) is 15.0 Å². The van der Waals surface area contributed by atoms with Crippen molar-refractivity contribution >= 4 is 17.8 Å². The number of allylic oxidation sites excluding steroid dienone is 1. The van der Waals surface area contributed by atoms with Crippen molar-refractivity contribution in [3.63, 3.8) is 0 Å². The highest BCUT2D eigenvalue weighted by molar-refractivity contribution is 6.22. The lowest BCUT2D eigenvalue weighted by Gasteiger charge is -2.03. The van der Waals surface area contributed by atoms with Crippen LogP contribution < -0.4 is 4.74 Å². The van der Waals surface area contributed by atoms with Crippen LogP contribution in [0.3, 0.4) is 0 Å². The number of hydrogen-bond acceptors (Lipinski definition) is 4. The molecule has 2 aromatic heterocycles. The molecule has 6 nitrogen and oxygen atoms in total. The number of rotatable bonds is 5. The highest BCUT2D eigenvalue weighted by Gasteiger charge is 2.25. The lowest BCUT2D eigenvalue weighted by atomic mass is 10.1. The van der Waals surface area contributed by atoms with Crippen LogP contribution in [-0.4, -0.2) is 35.4 Å². The second-order valence-corrected chi connectivity index (χ2v) is 5.70.